The number of amides is 2. The predicted molar refractivity (Wildman–Crippen MR) is 111 cm³/mol. The minimum atomic E-state index is -0.501. The number of hydrogen-bond acceptors (Lipinski definition) is 7. The van der Waals surface area contributed by atoms with Crippen LogP contribution in [-0.2, 0) is 20.9 Å². The van der Waals surface area contributed by atoms with Gasteiger partial charge in [0.2, 0.25) is 0 Å². The van der Waals surface area contributed by atoms with Crippen molar-refractivity contribution in [2.75, 3.05) is 13.1 Å². The summed E-state index contributed by atoms with van der Waals surface area (Å²) in [5.74, 6) is -0.836. The molecule has 1 aromatic carbocycles. The van der Waals surface area contributed by atoms with E-state index in [2.05, 4.69) is 4.98 Å². The molecule has 3 heterocycles. The van der Waals surface area contributed by atoms with E-state index in [4.69, 9.17) is 4.74 Å². The molecular formula is C22H22N4O5. The van der Waals surface area contributed by atoms with E-state index < -0.39 is 16.7 Å². The summed E-state index contributed by atoms with van der Waals surface area (Å²) in [5.41, 5.74) is 1.53. The number of rotatable bonds is 5. The maximum Gasteiger partial charge on any atom is 0.278 e. The van der Waals surface area contributed by atoms with E-state index in [1.807, 2.05) is 18.7 Å². The second kappa shape index (κ2) is 8.27. The number of nitro benzene ring substituents is 1. The molecule has 1 fully saturated rings. The topological polar surface area (TPSA) is 106 Å². The van der Waals surface area contributed by atoms with Gasteiger partial charge in [-0.3, -0.25) is 29.6 Å². The molecule has 0 radical (unpaired) electrons. The van der Waals surface area contributed by atoms with Crippen molar-refractivity contribution in [3.05, 3.63) is 75.7 Å². The van der Waals surface area contributed by atoms with Crippen molar-refractivity contribution >= 4 is 23.1 Å². The van der Waals surface area contributed by atoms with E-state index >= 15 is 0 Å². The minimum absolute atomic E-state index is 0.0495. The summed E-state index contributed by atoms with van der Waals surface area (Å²) >= 11 is 0. The number of hydrogen-bond donors (Lipinski definition) is 0. The number of benzene rings is 1. The van der Waals surface area contributed by atoms with Crippen LogP contribution in [0.4, 0.5) is 5.69 Å². The third-order valence-corrected chi connectivity index (χ3v) is 5.29. The Balaban J connectivity index is 1.76. The Labute approximate surface area is 179 Å². The average Bonchev–Trinajstić information content (AvgIpc) is 2.98. The van der Waals surface area contributed by atoms with Crippen LogP contribution in [0.5, 0.6) is 0 Å². The van der Waals surface area contributed by atoms with Gasteiger partial charge in [-0.2, -0.15) is 0 Å². The van der Waals surface area contributed by atoms with Gasteiger partial charge in [0.1, 0.15) is 5.70 Å². The van der Waals surface area contributed by atoms with Gasteiger partial charge in [0.15, 0.2) is 0 Å². The average molecular weight is 422 g/mol. The molecule has 31 heavy (non-hydrogen) atoms. The lowest BCUT2D eigenvalue weighted by Gasteiger charge is -2.37. The Kier molecular flexibility index (Phi) is 5.51. The van der Waals surface area contributed by atoms with Gasteiger partial charge in [0, 0.05) is 31.4 Å². The van der Waals surface area contributed by atoms with Crippen molar-refractivity contribution in [3.63, 3.8) is 0 Å². The number of nitrogens with zero attached hydrogens (tertiary/aromatic N) is 4. The van der Waals surface area contributed by atoms with Crippen LogP contribution in [0.1, 0.15) is 25.1 Å². The quantitative estimate of drug-likeness (QED) is 0.414. The fraction of sp³-hybridized carbons (Fsp3) is 0.318. The number of aromatic nitrogens is 1. The summed E-state index contributed by atoms with van der Waals surface area (Å²) in [5, 5.41) is 11.0. The SMILES string of the molecule is CC1CN(C2=C(c3ccc([N+](=O)[O-])cc3)C(=O)N(Cc3ccccn3)C2=O)CC(C)O1. The van der Waals surface area contributed by atoms with Gasteiger partial charge in [-0.05, 0) is 43.7 Å². The normalized spacial score (nSPS) is 21.7. The van der Waals surface area contributed by atoms with Crippen molar-refractivity contribution in [1.29, 1.82) is 0 Å². The number of ether oxygens (including phenoxy) is 1. The first-order chi connectivity index (χ1) is 14.8. The molecule has 1 saturated heterocycles. The Morgan fingerprint density at radius 2 is 1.74 bits per heavy atom. The molecule has 0 bridgehead atoms. The lowest BCUT2D eigenvalue weighted by Crippen LogP contribution is -2.46. The third-order valence-electron chi connectivity index (χ3n) is 5.29. The second-order valence-corrected chi connectivity index (χ2v) is 7.71. The monoisotopic (exact) mass is 422 g/mol. The zero-order chi connectivity index (χ0) is 22.1. The maximum absolute atomic E-state index is 13.4. The van der Waals surface area contributed by atoms with Crippen LogP contribution in [0.3, 0.4) is 0 Å². The highest BCUT2D eigenvalue weighted by Gasteiger charge is 2.43. The van der Waals surface area contributed by atoms with Crippen LogP contribution < -0.4 is 0 Å². The molecule has 0 spiro atoms. The fourth-order valence-electron chi connectivity index (χ4n) is 4.02. The van der Waals surface area contributed by atoms with Crippen LogP contribution >= 0.6 is 0 Å². The first-order valence-corrected chi connectivity index (χ1v) is 10.0. The first kappa shape index (κ1) is 20.7. The molecule has 4 rings (SSSR count). The molecule has 2 aliphatic heterocycles. The highest BCUT2D eigenvalue weighted by Crippen LogP contribution is 2.34. The highest BCUT2D eigenvalue weighted by molar-refractivity contribution is 6.35. The molecule has 0 N–H and O–H groups in total. The Morgan fingerprint density at radius 1 is 1.06 bits per heavy atom. The molecule has 2 atom stereocenters. The van der Waals surface area contributed by atoms with E-state index in [0.717, 1.165) is 0 Å². The molecule has 9 heteroatoms. The number of morpholine rings is 1. The van der Waals surface area contributed by atoms with Gasteiger partial charge < -0.3 is 9.64 Å². The van der Waals surface area contributed by atoms with Crippen LogP contribution in [0.2, 0.25) is 0 Å². The molecule has 2 aliphatic rings. The first-order valence-electron chi connectivity index (χ1n) is 10.0. The van der Waals surface area contributed by atoms with Gasteiger partial charge in [-0.15, -0.1) is 0 Å². The van der Waals surface area contributed by atoms with Crippen molar-refractivity contribution < 1.29 is 19.2 Å². The zero-order valence-corrected chi connectivity index (χ0v) is 17.2. The maximum atomic E-state index is 13.4. The van der Waals surface area contributed by atoms with Crippen molar-refractivity contribution in [2.24, 2.45) is 0 Å². The molecule has 1 aromatic heterocycles. The van der Waals surface area contributed by atoms with E-state index in [0.29, 0.717) is 30.0 Å². The standard InChI is InChI=1S/C22H22N4O5/c1-14-11-24(12-15(2)31-14)20-19(16-6-8-18(9-7-16)26(29)30)21(27)25(22(20)28)13-17-5-3-4-10-23-17/h3-10,14-15H,11-13H2,1-2H3. The van der Waals surface area contributed by atoms with Gasteiger partial charge >= 0.3 is 0 Å². The summed E-state index contributed by atoms with van der Waals surface area (Å²) in [4.78, 5) is 44.6. The Hall–Kier alpha value is -3.59. The molecule has 0 saturated carbocycles. The van der Waals surface area contributed by atoms with Gasteiger partial charge in [-0.1, -0.05) is 6.07 Å². The van der Waals surface area contributed by atoms with Crippen LogP contribution in [-0.4, -0.2) is 56.8 Å². The molecular weight excluding hydrogens is 400 g/mol. The summed E-state index contributed by atoms with van der Waals surface area (Å²) in [6.07, 6.45) is 1.39. The van der Waals surface area contributed by atoms with Gasteiger partial charge in [0.25, 0.3) is 17.5 Å². The lowest BCUT2D eigenvalue weighted by molar-refractivity contribution is -0.384. The Morgan fingerprint density at radius 3 is 2.32 bits per heavy atom. The summed E-state index contributed by atoms with van der Waals surface area (Å²) in [6.45, 7) is 4.82. The molecule has 160 valence electrons. The number of carbonyl (C=O) groups is 2. The molecule has 2 amide bonds. The van der Waals surface area contributed by atoms with E-state index in [9.17, 15) is 19.7 Å². The molecule has 9 nitrogen and oxygen atoms in total. The van der Waals surface area contributed by atoms with E-state index in [-0.39, 0.29) is 30.0 Å². The second-order valence-electron chi connectivity index (χ2n) is 7.71. The zero-order valence-electron chi connectivity index (χ0n) is 17.2. The third kappa shape index (κ3) is 4.04. The number of carbonyl (C=O) groups excluding carboxylic acids is 2. The number of imide groups is 1. The van der Waals surface area contributed by atoms with Crippen molar-refractivity contribution in [2.45, 2.75) is 32.6 Å². The summed E-state index contributed by atoms with van der Waals surface area (Å²) in [7, 11) is 0. The van der Waals surface area contributed by atoms with E-state index in [1.54, 1.807) is 24.4 Å². The van der Waals surface area contributed by atoms with Gasteiger partial charge in [-0.25, -0.2) is 0 Å². The Bertz CT molecular complexity index is 1040. The molecule has 2 unspecified atom stereocenters. The highest BCUT2D eigenvalue weighted by atomic mass is 16.6. The van der Waals surface area contributed by atoms with Crippen molar-refractivity contribution in [3.8, 4) is 0 Å². The van der Waals surface area contributed by atoms with Gasteiger partial charge in [0.05, 0.1) is 34.9 Å². The molecule has 2 aromatic rings. The fourth-order valence-corrected chi connectivity index (χ4v) is 4.02. The molecule has 0 aliphatic carbocycles. The minimum Gasteiger partial charge on any atom is -0.372 e. The largest absolute Gasteiger partial charge is 0.372 e. The number of nitro groups is 1. The van der Waals surface area contributed by atoms with E-state index in [1.165, 1.54) is 29.2 Å². The number of non-ortho nitro benzene ring substituents is 1. The smallest absolute Gasteiger partial charge is 0.278 e. The number of pyridine rings is 1. The lowest BCUT2D eigenvalue weighted by atomic mass is 10.0. The van der Waals surface area contributed by atoms with Crippen molar-refractivity contribution in [1.82, 2.24) is 14.8 Å². The van der Waals surface area contributed by atoms with Crippen LogP contribution in [0, 0.1) is 10.1 Å². The summed E-state index contributed by atoms with van der Waals surface area (Å²) in [6, 6.07) is 11.0. The van der Waals surface area contributed by atoms with Crippen LogP contribution in [0.25, 0.3) is 5.57 Å². The summed E-state index contributed by atoms with van der Waals surface area (Å²) < 4.78 is 5.78. The van der Waals surface area contributed by atoms with Crippen LogP contribution in [0.15, 0.2) is 54.4 Å². The predicted octanol–water partition coefficient (Wildman–Crippen LogP) is 2.38.